The first-order valence-corrected chi connectivity index (χ1v) is 30.2. The average Bonchev–Trinajstić information content (AvgIpc) is 3.01. The minimum atomic E-state index is -0.700. The zero-order valence-electron chi connectivity index (χ0n) is 49.3. The van der Waals surface area contributed by atoms with Gasteiger partial charge in [0.15, 0.2) is 0 Å². The van der Waals surface area contributed by atoms with E-state index >= 15 is 0 Å². The van der Waals surface area contributed by atoms with Gasteiger partial charge >= 0.3 is 59.7 Å². The van der Waals surface area contributed by atoms with Crippen molar-refractivity contribution in [1.82, 2.24) is 0 Å². The molecule has 2 atom stereocenters. The third-order valence-corrected chi connectivity index (χ3v) is 17.0. The van der Waals surface area contributed by atoms with E-state index in [1.54, 1.807) is 76.2 Å². The first-order valence-electron chi connectivity index (χ1n) is 28.6. The van der Waals surface area contributed by atoms with Gasteiger partial charge in [-0.1, -0.05) is 60.9 Å². The Kier molecular flexibility index (Phi) is 26.4. The molecule has 2 fully saturated rings. The van der Waals surface area contributed by atoms with E-state index in [1.807, 2.05) is 6.07 Å². The second-order valence-electron chi connectivity index (χ2n) is 20.9. The number of rotatable bonds is 28. The molecule has 3 aromatic rings. The molecule has 22 nitrogen and oxygen atoms in total. The van der Waals surface area contributed by atoms with E-state index in [9.17, 15) is 53.2 Å². The van der Waals surface area contributed by atoms with Crippen LogP contribution in [0, 0.1) is 55.4 Å². The molecule has 0 saturated heterocycles. The molecular formula is C64H68N2O20S2. The number of carbonyl (C=O) groups excluding carboxylic acids is 10. The first kappa shape index (κ1) is 68.4. The number of allylic oxidation sites excluding steroid dienone is 1. The smallest absolute Gasteiger partial charge is 0.330 e. The summed E-state index contributed by atoms with van der Waals surface area (Å²) in [6.45, 7) is 20.6. The van der Waals surface area contributed by atoms with Gasteiger partial charge in [-0.05, 0) is 126 Å². The van der Waals surface area contributed by atoms with Crippen molar-refractivity contribution in [2.45, 2.75) is 140 Å². The van der Waals surface area contributed by atoms with E-state index in [0.717, 1.165) is 46.8 Å². The van der Waals surface area contributed by atoms with Gasteiger partial charge in [0.25, 0.3) is 5.70 Å². The van der Waals surface area contributed by atoms with Gasteiger partial charge in [0.2, 0.25) is 0 Å². The number of nitriles is 1. The lowest BCUT2D eigenvalue weighted by Crippen LogP contribution is -2.31. The largest absolute Gasteiger partial charge is 0.465 e. The predicted molar refractivity (Wildman–Crippen MR) is 314 cm³/mol. The summed E-state index contributed by atoms with van der Waals surface area (Å²) in [5, 5.41) is 9.82. The highest BCUT2D eigenvalue weighted by Gasteiger charge is 2.38. The molecule has 0 bridgehead atoms. The minimum absolute atomic E-state index is 0.0477. The van der Waals surface area contributed by atoms with Crippen molar-refractivity contribution < 1.29 is 95.3 Å². The summed E-state index contributed by atoms with van der Waals surface area (Å²) in [4.78, 5) is 129. The Morgan fingerprint density at radius 2 is 0.909 bits per heavy atom. The number of esters is 10. The van der Waals surface area contributed by atoms with E-state index in [2.05, 4.69) is 18.0 Å². The summed E-state index contributed by atoms with van der Waals surface area (Å²) in [7, 11) is 0. The number of hydrogen-bond acceptors (Lipinski definition) is 23. The van der Waals surface area contributed by atoms with Crippen molar-refractivity contribution in [3.63, 3.8) is 0 Å². The molecule has 0 N–H and O–H groups in total. The standard InChI is InChI=1S/C64H68N2O20S2/c1-8-50(67)79-35-38(4)82-55(72)29-28-53(70)78-33-31-42-12-24-48(25-13-42)84-61(74)44-16-20-46(21-17-44)63(76)86-57-40(6)39(5)56(58-59(57)88-64(87-58)49(34-65)66-7)85-62(75)45-18-14-43(15-19-45)60(73)83-47-22-10-41(11-23-47)30-32-77-52(69)26-27-54(71)80-36-37(3)81-51(68)9-2/h8-13,22-25,37-38,43-46H,1-2,14-21,26-33,35-36H2,3-6H3/b64-49+. The van der Waals surface area contributed by atoms with Gasteiger partial charge in [-0.15, -0.1) is 0 Å². The van der Waals surface area contributed by atoms with Crippen molar-refractivity contribution in [2.75, 3.05) is 26.4 Å². The van der Waals surface area contributed by atoms with Crippen LogP contribution in [0.1, 0.15) is 113 Å². The highest BCUT2D eigenvalue weighted by Crippen LogP contribution is 2.61. The number of ether oxygens (including phenoxy) is 10. The second-order valence-corrected chi connectivity index (χ2v) is 23.2. The highest BCUT2D eigenvalue weighted by atomic mass is 32.2. The molecule has 466 valence electrons. The number of hydrogen-bond donors (Lipinski definition) is 0. The summed E-state index contributed by atoms with van der Waals surface area (Å²) in [5.41, 5.74) is 2.45. The molecule has 3 aliphatic rings. The molecule has 0 spiro atoms. The fourth-order valence-corrected chi connectivity index (χ4v) is 11.9. The maximum Gasteiger partial charge on any atom is 0.330 e. The van der Waals surface area contributed by atoms with Crippen LogP contribution in [-0.4, -0.2) is 98.3 Å². The van der Waals surface area contributed by atoms with Crippen molar-refractivity contribution in [1.29, 1.82) is 5.26 Å². The van der Waals surface area contributed by atoms with Gasteiger partial charge in [0.1, 0.15) is 48.4 Å². The first-order chi connectivity index (χ1) is 42.2. The van der Waals surface area contributed by atoms with Crippen molar-refractivity contribution in [3.05, 3.63) is 117 Å². The van der Waals surface area contributed by atoms with Gasteiger partial charge < -0.3 is 47.4 Å². The summed E-state index contributed by atoms with van der Waals surface area (Å²) < 4.78 is 54.4. The molecule has 0 radical (unpaired) electrons. The van der Waals surface area contributed by atoms with Crippen molar-refractivity contribution in [3.8, 4) is 29.1 Å². The summed E-state index contributed by atoms with van der Waals surface area (Å²) in [6, 6.07) is 15.4. The lowest BCUT2D eigenvalue weighted by atomic mass is 9.82. The van der Waals surface area contributed by atoms with Crippen molar-refractivity contribution >= 4 is 83.2 Å². The normalized spacial score (nSPS) is 17.9. The van der Waals surface area contributed by atoms with Crippen LogP contribution in [0.15, 0.2) is 93.6 Å². The third-order valence-electron chi connectivity index (χ3n) is 14.4. The molecule has 2 saturated carbocycles. The summed E-state index contributed by atoms with van der Waals surface area (Å²) in [6.07, 6.45) is 3.33. The zero-order valence-corrected chi connectivity index (χ0v) is 50.9. The van der Waals surface area contributed by atoms with Crippen LogP contribution in [0.5, 0.6) is 23.0 Å². The van der Waals surface area contributed by atoms with Gasteiger partial charge in [-0.25, -0.2) is 19.7 Å². The molecule has 2 aliphatic carbocycles. The van der Waals surface area contributed by atoms with Gasteiger partial charge in [0, 0.05) is 25.0 Å². The molecule has 88 heavy (non-hydrogen) atoms. The Morgan fingerprint density at radius 1 is 0.545 bits per heavy atom. The van der Waals surface area contributed by atoms with Gasteiger partial charge in [0.05, 0.1) is 89.2 Å². The Labute approximate surface area is 517 Å². The highest BCUT2D eigenvalue weighted by molar-refractivity contribution is 8.24. The summed E-state index contributed by atoms with van der Waals surface area (Å²) in [5.74, 6) is -6.69. The number of benzene rings is 3. The van der Waals surface area contributed by atoms with Gasteiger partial charge in [-0.3, -0.25) is 38.4 Å². The fourth-order valence-electron chi connectivity index (χ4n) is 9.34. The maximum atomic E-state index is 13.9. The van der Waals surface area contributed by atoms with E-state index in [-0.39, 0.29) is 69.3 Å². The fraction of sp³-hybridized carbons (Fsp3) is 0.438. The van der Waals surface area contributed by atoms with Crippen LogP contribution in [0.2, 0.25) is 0 Å². The number of nitrogens with zero attached hydrogens (tertiary/aromatic N) is 2. The van der Waals surface area contributed by atoms with Crippen molar-refractivity contribution in [2.24, 2.45) is 23.7 Å². The molecule has 1 heterocycles. The third kappa shape index (κ3) is 20.7. The molecule has 6 rings (SSSR count). The molecule has 0 aromatic heterocycles. The maximum absolute atomic E-state index is 13.9. The van der Waals surface area contributed by atoms with Crippen LogP contribution >= 0.6 is 23.5 Å². The van der Waals surface area contributed by atoms with Crippen LogP contribution in [0.25, 0.3) is 4.85 Å². The summed E-state index contributed by atoms with van der Waals surface area (Å²) >= 11 is 2.16. The number of fused-ring (bicyclic) bond motifs is 1. The van der Waals surface area contributed by atoms with E-state index in [0.29, 0.717) is 101 Å². The molecule has 24 heteroatoms. The lowest BCUT2D eigenvalue weighted by Gasteiger charge is -2.27. The van der Waals surface area contributed by atoms with Crippen LogP contribution in [0.4, 0.5) is 0 Å². The topological polar surface area (TPSA) is 291 Å². The number of thioether (sulfide) groups is 2. The predicted octanol–water partition coefficient (Wildman–Crippen LogP) is 9.80. The van der Waals surface area contributed by atoms with E-state index in [4.69, 9.17) is 53.9 Å². The minimum Gasteiger partial charge on any atom is -0.465 e. The Bertz CT molecular complexity index is 3220. The lowest BCUT2D eigenvalue weighted by molar-refractivity contribution is -0.157. The average molecular weight is 1250 g/mol. The van der Waals surface area contributed by atoms with Crippen LogP contribution in [-0.2, 0) is 89.2 Å². The number of carbonyl (C=O) groups is 10. The molecule has 1 aliphatic heterocycles. The molecule has 0 amide bonds. The van der Waals surface area contributed by atoms with Crippen LogP contribution < -0.4 is 18.9 Å². The Morgan fingerprint density at radius 3 is 1.30 bits per heavy atom. The monoisotopic (exact) mass is 1250 g/mol. The zero-order chi connectivity index (χ0) is 63.9. The molecular weight excluding hydrogens is 1180 g/mol. The second kappa shape index (κ2) is 34.0. The molecule has 2 unspecified atom stereocenters. The van der Waals surface area contributed by atoms with E-state index < -0.39 is 95.6 Å². The Balaban J connectivity index is 0.932. The Hall–Kier alpha value is -8.74. The van der Waals surface area contributed by atoms with Crippen LogP contribution in [0.3, 0.4) is 0 Å². The van der Waals surface area contributed by atoms with Gasteiger partial charge in [-0.2, -0.15) is 0 Å². The molecule has 3 aromatic carbocycles. The SMILES string of the molecule is [C-]#[N+]/C(C#N)=C1\Sc2c(OC(=O)C3CCC(C(=O)Oc4ccc(CCOC(=O)CCC(=O)OCC(C)OC(=O)C=C)cc4)CC3)c(C)c(C)c(OC(=O)C3CCC(C(=O)Oc4ccc(CCOC(=O)CCC(=O)OC(C)COC(=O)C=C)cc4)CC3)c2S1. The quantitative estimate of drug-likeness (QED) is 0.0163. The van der Waals surface area contributed by atoms with E-state index in [1.165, 1.54) is 0 Å².